The Hall–Kier alpha value is -1.85. The van der Waals surface area contributed by atoms with Crippen molar-refractivity contribution in [3.8, 4) is 0 Å². The van der Waals surface area contributed by atoms with Crippen LogP contribution < -0.4 is 5.32 Å². The fourth-order valence-corrected chi connectivity index (χ4v) is 5.29. The Kier molecular flexibility index (Phi) is 7.01. The van der Waals surface area contributed by atoms with Gasteiger partial charge >= 0.3 is 0 Å². The lowest BCUT2D eigenvalue weighted by molar-refractivity contribution is -0.120. The first-order valence-corrected chi connectivity index (χ1v) is 11.6. The zero-order chi connectivity index (χ0) is 21.0. The molecule has 1 N–H and O–H groups in total. The largest absolute Gasteiger partial charge is 0.379 e. The van der Waals surface area contributed by atoms with Gasteiger partial charge in [-0.3, -0.25) is 9.69 Å². The van der Waals surface area contributed by atoms with Crippen LogP contribution in [0.25, 0.3) is 0 Å². The van der Waals surface area contributed by atoms with E-state index in [0.29, 0.717) is 38.5 Å². The molecule has 8 nitrogen and oxygen atoms in total. The van der Waals surface area contributed by atoms with Crippen LogP contribution >= 0.6 is 11.3 Å². The van der Waals surface area contributed by atoms with E-state index in [0.717, 1.165) is 9.88 Å². The highest BCUT2D eigenvalue weighted by atomic mass is 32.2. The van der Waals surface area contributed by atoms with Gasteiger partial charge in [0.2, 0.25) is 15.9 Å². The summed E-state index contributed by atoms with van der Waals surface area (Å²) in [5.41, 5.74) is 0.457. The molecule has 1 saturated heterocycles. The summed E-state index contributed by atoms with van der Waals surface area (Å²) in [4.78, 5) is 20.1. The number of aromatic nitrogens is 1. The van der Waals surface area contributed by atoms with Crippen LogP contribution in [0.4, 0.5) is 5.69 Å². The summed E-state index contributed by atoms with van der Waals surface area (Å²) in [6, 6.07) is 5.98. The number of amides is 1. The molecule has 1 fully saturated rings. The van der Waals surface area contributed by atoms with Crippen LogP contribution in [-0.4, -0.2) is 67.9 Å². The number of sulfonamides is 1. The number of thiazole rings is 1. The quantitative estimate of drug-likeness (QED) is 0.710. The van der Waals surface area contributed by atoms with Crippen LogP contribution in [0.2, 0.25) is 0 Å². The predicted octanol–water partition coefficient (Wildman–Crippen LogP) is 1.93. The molecule has 29 heavy (non-hydrogen) atoms. The van der Waals surface area contributed by atoms with Crippen molar-refractivity contribution >= 4 is 33.0 Å². The van der Waals surface area contributed by atoms with Crippen molar-refractivity contribution in [3.63, 3.8) is 0 Å². The molecule has 1 atom stereocenters. The van der Waals surface area contributed by atoms with E-state index in [2.05, 4.69) is 10.3 Å². The Morgan fingerprint density at radius 3 is 2.76 bits per heavy atom. The third-order valence-corrected chi connectivity index (χ3v) is 7.62. The van der Waals surface area contributed by atoms with Crippen molar-refractivity contribution in [1.29, 1.82) is 0 Å². The second kappa shape index (κ2) is 9.31. The minimum Gasteiger partial charge on any atom is -0.379 e. The molecule has 1 aromatic heterocycles. The summed E-state index contributed by atoms with van der Waals surface area (Å²) < 4.78 is 32.3. The fourth-order valence-electron chi connectivity index (χ4n) is 2.98. The van der Waals surface area contributed by atoms with E-state index in [9.17, 15) is 13.2 Å². The SMILES string of the molecule is Cc1ncc(CN(C)[C@H](C)C(=O)Nc2cccc(S(=O)(=O)N3CCOCC3)c2)s1. The summed E-state index contributed by atoms with van der Waals surface area (Å²) in [6.45, 7) is 5.82. The maximum absolute atomic E-state index is 12.8. The minimum atomic E-state index is -3.61. The number of ether oxygens (including phenoxy) is 1. The van der Waals surface area contributed by atoms with Gasteiger partial charge in [-0.05, 0) is 39.1 Å². The topological polar surface area (TPSA) is 91.8 Å². The molecule has 1 amide bonds. The molecule has 0 bridgehead atoms. The highest BCUT2D eigenvalue weighted by molar-refractivity contribution is 7.89. The van der Waals surface area contributed by atoms with E-state index in [-0.39, 0.29) is 10.8 Å². The van der Waals surface area contributed by atoms with E-state index in [1.807, 2.05) is 32.0 Å². The van der Waals surface area contributed by atoms with Crippen molar-refractivity contribution in [2.24, 2.45) is 0 Å². The number of carbonyl (C=O) groups is 1. The summed E-state index contributed by atoms with van der Waals surface area (Å²) in [5.74, 6) is -0.199. The molecule has 1 aromatic carbocycles. The number of benzene rings is 1. The van der Waals surface area contributed by atoms with Crippen molar-refractivity contribution in [3.05, 3.63) is 40.3 Å². The van der Waals surface area contributed by atoms with Crippen LogP contribution in [0.3, 0.4) is 0 Å². The van der Waals surface area contributed by atoms with E-state index in [1.54, 1.807) is 29.5 Å². The standard InChI is InChI=1S/C19H26N4O4S2/c1-14(22(3)13-17-12-20-15(2)28-17)19(24)21-16-5-4-6-18(11-16)29(25,26)23-7-9-27-10-8-23/h4-6,11-12,14H,7-10,13H2,1-3H3,(H,21,24)/t14-/m1/s1. The first-order chi connectivity index (χ1) is 13.8. The first kappa shape index (κ1) is 21.8. The molecule has 0 radical (unpaired) electrons. The van der Waals surface area contributed by atoms with Gasteiger partial charge in [0.15, 0.2) is 0 Å². The molecule has 10 heteroatoms. The van der Waals surface area contributed by atoms with Gasteiger partial charge in [0.05, 0.1) is 29.2 Å². The van der Waals surface area contributed by atoms with Gasteiger partial charge in [-0.15, -0.1) is 11.3 Å². The number of carbonyl (C=O) groups excluding carboxylic acids is 1. The third-order valence-electron chi connectivity index (χ3n) is 4.82. The lowest BCUT2D eigenvalue weighted by Gasteiger charge is -2.26. The normalized spacial score (nSPS) is 16.7. The van der Waals surface area contributed by atoms with Crippen molar-refractivity contribution in [1.82, 2.24) is 14.2 Å². The van der Waals surface area contributed by atoms with Crippen molar-refractivity contribution < 1.29 is 17.9 Å². The van der Waals surface area contributed by atoms with Crippen LogP contribution in [0.5, 0.6) is 0 Å². The lowest BCUT2D eigenvalue weighted by atomic mass is 10.2. The monoisotopic (exact) mass is 438 g/mol. The summed E-state index contributed by atoms with van der Waals surface area (Å²) in [5, 5.41) is 3.82. The van der Waals surface area contributed by atoms with Crippen LogP contribution in [0, 0.1) is 6.92 Å². The molecule has 2 aromatic rings. The first-order valence-electron chi connectivity index (χ1n) is 9.38. The number of morpholine rings is 1. The van der Waals surface area contributed by atoms with E-state index < -0.39 is 16.1 Å². The van der Waals surface area contributed by atoms with Gasteiger partial charge in [0, 0.05) is 36.4 Å². The van der Waals surface area contributed by atoms with Crippen molar-refractivity contribution in [2.45, 2.75) is 31.3 Å². The van der Waals surface area contributed by atoms with Crippen LogP contribution in [-0.2, 0) is 26.1 Å². The zero-order valence-electron chi connectivity index (χ0n) is 16.8. The molecule has 0 unspecified atom stereocenters. The average Bonchev–Trinajstić information content (AvgIpc) is 3.12. The maximum atomic E-state index is 12.8. The second-order valence-electron chi connectivity index (χ2n) is 6.97. The van der Waals surface area contributed by atoms with Crippen LogP contribution in [0.15, 0.2) is 35.4 Å². The van der Waals surface area contributed by atoms with E-state index in [4.69, 9.17) is 4.74 Å². The second-order valence-corrected chi connectivity index (χ2v) is 10.2. The summed E-state index contributed by atoms with van der Waals surface area (Å²) >= 11 is 1.60. The molecule has 3 rings (SSSR count). The van der Waals surface area contributed by atoms with Gasteiger partial charge in [0.25, 0.3) is 0 Å². The number of hydrogen-bond acceptors (Lipinski definition) is 7. The third kappa shape index (κ3) is 5.40. The Labute approximate surface area is 175 Å². The Morgan fingerprint density at radius 2 is 2.10 bits per heavy atom. The Bertz CT molecular complexity index is 955. The Balaban J connectivity index is 1.66. The molecule has 0 spiro atoms. The number of aryl methyl sites for hydroxylation is 1. The Morgan fingerprint density at radius 1 is 1.38 bits per heavy atom. The summed E-state index contributed by atoms with van der Waals surface area (Å²) in [7, 11) is -1.74. The molecule has 1 aliphatic heterocycles. The van der Waals surface area contributed by atoms with Gasteiger partial charge < -0.3 is 10.1 Å². The molecule has 158 valence electrons. The van der Waals surface area contributed by atoms with Gasteiger partial charge in [-0.1, -0.05) is 6.07 Å². The number of hydrogen-bond donors (Lipinski definition) is 1. The number of nitrogens with zero attached hydrogens (tertiary/aromatic N) is 3. The molecular weight excluding hydrogens is 412 g/mol. The van der Waals surface area contributed by atoms with Gasteiger partial charge in [-0.25, -0.2) is 13.4 Å². The van der Waals surface area contributed by atoms with E-state index >= 15 is 0 Å². The lowest BCUT2D eigenvalue weighted by Crippen LogP contribution is -2.40. The van der Waals surface area contributed by atoms with Crippen LogP contribution in [0.1, 0.15) is 16.8 Å². The summed E-state index contributed by atoms with van der Waals surface area (Å²) in [6.07, 6.45) is 1.82. The highest BCUT2D eigenvalue weighted by Gasteiger charge is 2.27. The van der Waals surface area contributed by atoms with Gasteiger partial charge in [-0.2, -0.15) is 4.31 Å². The molecule has 1 aliphatic rings. The molecule has 0 saturated carbocycles. The molecular formula is C19H26N4O4S2. The number of anilines is 1. The average molecular weight is 439 g/mol. The van der Waals surface area contributed by atoms with Gasteiger partial charge in [0.1, 0.15) is 0 Å². The minimum absolute atomic E-state index is 0.165. The predicted molar refractivity (Wildman–Crippen MR) is 112 cm³/mol. The zero-order valence-corrected chi connectivity index (χ0v) is 18.4. The highest BCUT2D eigenvalue weighted by Crippen LogP contribution is 2.21. The maximum Gasteiger partial charge on any atom is 0.243 e. The molecule has 0 aliphatic carbocycles. The number of likely N-dealkylation sites (N-methyl/N-ethyl adjacent to an activating group) is 1. The van der Waals surface area contributed by atoms with E-state index in [1.165, 1.54) is 10.4 Å². The molecule has 2 heterocycles. The number of rotatable bonds is 7. The van der Waals surface area contributed by atoms with Crippen molar-refractivity contribution in [2.75, 3.05) is 38.7 Å². The fraction of sp³-hybridized carbons (Fsp3) is 0.474. The number of nitrogens with one attached hydrogen (secondary N) is 1. The smallest absolute Gasteiger partial charge is 0.243 e.